The zero-order valence-electron chi connectivity index (χ0n) is 14.5. The average Bonchev–Trinajstić information content (AvgIpc) is 3.03. The van der Waals surface area contributed by atoms with Crippen molar-refractivity contribution < 1.29 is 14.3 Å². The van der Waals surface area contributed by atoms with Gasteiger partial charge in [0.2, 0.25) is 0 Å². The summed E-state index contributed by atoms with van der Waals surface area (Å²) in [6.07, 6.45) is 0. The van der Waals surface area contributed by atoms with E-state index < -0.39 is 0 Å². The molecular weight excluding hydrogens is 421 g/mol. The molecule has 9 heteroatoms. The fourth-order valence-corrected chi connectivity index (χ4v) is 3.88. The van der Waals surface area contributed by atoms with Gasteiger partial charge in [0, 0.05) is 16.0 Å². The Morgan fingerprint density at radius 2 is 2.04 bits per heavy atom. The molecule has 0 bridgehead atoms. The Bertz CT molecular complexity index is 1110. The zero-order valence-corrected chi connectivity index (χ0v) is 16.8. The molecule has 2 amide bonds. The molecule has 1 aliphatic rings. The van der Waals surface area contributed by atoms with Crippen LogP contribution < -0.4 is 15.4 Å². The maximum absolute atomic E-state index is 12.5. The van der Waals surface area contributed by atoms with E-state index in [4.69, 9.17) is 27.9 Å². The molecule has 0 spiro atoms. The Morgan fingerprint density at radius 1 is 1.21 bits per heavy atom. The predicted molar refractivity (Wildman–Crippen MR) is 111 cm³/mol. The normalized spacial score (nSPS) is 12.8. The van der Waals surface area contributed by atoms with Gasteiger partial charge in [-0.15, -0.1) is 11.3 Å². The van der Waals surface area contributed by atoms with E-state index in [2.05, 4.69) is 15.6 Å². The Labute approximate surface area is 174 Å². The van der Waals surface area contributed by atoms with Gasteiger partial charge in [0.15, 0.2) is 11.7 Å². The second-order valence-corrected chi connectivity index (χ2v) is 8.07. The summed E-state index contributed by atoms with van der Waals surface area (Å²) in [5.74, 6) is 0.0866. The molecule has 0 fully saturated rings. The van der Waals surface area contributed by atoms with Crippen LogP contribution in [-0.2, 0) is 4.79 Å². The van der Waals surface area contributed by atoms with Crippen LogP contribution >= 0.6 is 34.5 Å². The van der Waals surface area contributed by atoms with Crippen molar-refractivity contribution in [3.05, 3.63) is 56.9 Å². The van der Waals surface area contributed by atoms with Crippen molar-refractivity contribution in [1.82, 2.24) is 4.98 Å². The van der Waals surface area contributed by atoms with E-state index in [9.17, 15) is 9.59 Å². The number of thiazole rings is 1. The highest BCUT2D eigenvalue weighted by Crippen LogP contribution is 2.36. The summed E-state index contributed by atoms with van der Waals surface area (Å²) in [4.78, 5) is 29.4. The topological polar surface area (TPSA) is 80.3 Å². The molecule has 2 N–H and O–H groups in total. The number of fused-ring (bicyclic) bond motifs is 1. The Hall–Kier alpha value is -2.61. The van der Waals surface area contributed by atoms with Crippen molar-refractivity contribution >= 4 is 57.2 Å². The van der Waals surface area contributed by atoms with Crippen LogP contribution in [0.4, 0.5) is 10.8 Å². The lowest BCUT2D eigenvalue weighted by atomic mass is 10.1. The lowest BCUT2D eigenvalue weighted by Crippen LogP contribution is -2.25. The number of rotatable bonds is 3. The van der Waals surface area contributed by atoms with Gasteiger partial charge < -0.3 is 10.1 Å². The second-order valence-electron chi connectivity index (χ2n) is 6.05. The molecule has 3 aromatic rings. The summed E-state index contributed by atoms with van der Waals surface area (Å²) in [5, 5.41) is 6.71. The summed E-state index contributed by atoms with van der Waals surface area (Å²) in [7, 11) is 0. The van der Waals surface area contributed by atoms with Gasteiger partial charge in [0.1, 0.15) is 5.75 Å². The smallest absolute Gasteiger partial charge is 0.262 e. The van der Waals surface area contributed by atoms with Crippen LogP contribution in [0.25, 0.3) is 11.3 Å². The maximum atomic E-state index is 12.5. The third-order valence-electron chi connectivity index (χ3n) is 4.08. The van der Waals surface area contributed by atoms with Crippen molar-refractivity contribution in [2.45, 2.75) is 6.92 Å². The Morgan fingerprint density at radius 3 is 2.82 bits per heavy atom. The molecule has 28 heavy (non-hydrogen) atoms. The highest BCUT2D eigenvalue weighted by Gasteiger charge is 2.19. The standard InChI is InChI=1S/C19H13Cl2N3O3S/c1-9-17(10-3-5-15-14(7-10)22-16(25)8-27-15)23-19(28-9)24-18(26)11-2-4-12(20)13(21)6-11/h2-7H,8H2,1H3,(H,22,25)(H,23,24,26). The van der Waals surface area contributed by atoms with Crippen LogP contribution in [0.5, 0.6) is 5.75 Å². The molecule has 142 valence electrons. The zero-order chi connectivity index (χ0) is 19.8. The summed E-state index contributed by atoms with van der Waals surface area (Å²) in [5.41, 5.74) is 2.52. The van der Waals surface area contributed by atoms with E-state index in [0.717, 1.165) is 16.1 Å². The minimum absolute atomic E-state index is 0.00691. The molecule has 0 atom stereocenters. The monoisotopic (exact) mass is 433 g/mol. The van der Waals surface area contributed by atoms with E-state index in [-0.39, 0.29) is 18.4 Å². The number of hydrogen-bond acceptors (Lipinski definition) is 5. The van der Waals surface area contributed by atoms with Gasteiger partial charge in [-0.3, -0.25) is 14.9 Å². The van der Waals surface area contributed by atoms with Crippen LogP contribution in [0.15, 0.2) is 36.4 Å². The molecule has 6 nitrogen and oxygen atoms in total. The Balaban J connectivity index is 1.58. The van der Waals surface area contributed by atoms with Crippen molar-refractivity contribution in [1.29, 1.82) is 0 Å². The van der Waals surface area contributed by atoms with Gasteiger partial charge >= 0.3 is 0 Å². The minimum atomic E-state index is -0.329. The molecule has 2 heterocycles. The number of anilines is 2. The number of aryl methyl sites for hydroxylation is 1. The third-order valence-corrected chi connectivity index (χ3v) is 5.71. The molecule has 0 saturated heterocycles. The number of carbonyl (C=O) groups excluding carboxylic acids is 2. The van der Waals surface area contributed by atoms with Crippen LogP contribution in [0.2, 0.25) is 10.0 Å². The molecule has 4 rings (SSSR count). The van der Waals surface area contributed by atoms with Crippen LogP contribution in [0.3, 0.4) is 0 Å². The highest BCUT2D eigenvalue weighted by atomic mass is 35.5. The van der Waals surface area contributed by atoms with Gasteiger partial charge in [0.25, 0.3) is 11.8 Å². The number of carbonyl (C=O) groups is 2. The van der Waals surface area contributed by atoms with Gasteiger partial charge in [-0.05, 0) is 43.3 Å². The molecule has 2 aromatic carbocycles. The maximum Gasteiger partial charge on any atom is 0.262 e. The quantitative estimate of drug-likeness (QED) is 0.608. The lowest BCUT2D eigenvalue weighted by molar-refractivity contribution is -0.118. The fraction of sp³-hybridized carbons (Fsp3) is 0.105. The van der Waals surface area contributed by atoms with Crippen LogP contribution in [-0.4, -0.2) is 23.4 Å². The number of aromatic nitrogens is 1. The van der Waals surface area contributed by atoms with E-state index in [0.29, 0.717) is 32.2 Å². The third kappa shape index (κ3) is 3.69. The summed E-state index contributed by atoms with van der Waals surface area (Å²) in [6.45, 7) is 1.92. The molecule has 1 aromatic heterocycles. The number of halogens is 2. The van der Waals surface area contributed by atoms with Gasteiger partial charge in [-0.2, -0.15) is 0 Å². The first kappa shape index (κ1) is 18.7. The number of nitrogens with one attached hydrogen (secondary N) is 2. The lowest BCUT2D eigenvalue weighted by Gasteiger charge is -2.18. The first-order chi connectivity index (χ1) is 13.4. The summed E-state index contributed by atoms with van der Waals surface area (Å²) >= 11 is 13.2. The fourth-order valence-electron chi connectivity index (χ4n) is 2.75. The molecule has 0 saturated carbocycles. The average molecular weight is 434 g/mol. The van der Waals surface area contributed by atoms with E-state index in [1.807, 2.05) is 13.0 Å². The molecule has 0 unspecified atom stereocenters. The largest absolute Gasteiger partial charge is 0.482 e. The van der Waals surface area contributed by atoms with Gasteiger partial charge in [-0.25, -0.2) is 4.98 Å². The molecular formula is C19H13Cl2N3O3S. The van der Waals surface area contributed by atoms with E-state index >= 15 is 0 Å². The van der Waals surface area contributed by atoms with Crippen molar-refractivity contribution in [3.63, 3.8) is 0 Å². The second kappa shape index (κ2) is 7.43. The first-order valence-corrected chi connectivity index (χ1v) is 9.79. The van der Waals surface area contributed by atoms with Crippen molar-refractivity contribution in [2.75, 3.05) is 17.2 Å². The Kier molecular flexibility index (Phi) is 4.97. The summed E-state index contributed by atoms with van der Waals surface area (Å²) in [6, 6.07) is 10.1. The van der Waals surface area contributed by atoms with Crippen LogP contribution in [0, 0.1) is 6.92 Å². The van der Waals surface area contributed by atoms with Crippen LogP contribution in [0.1, 0.15) is 15.2 Å². The first-order valence-electron chi connectivity index (χ1n) is 8.21. The number of hydrogen-bond donors (Lipinski definition) is 2. The number of ether oxygens (including phenoxy) is 1. The van der Waals surface area contributed by atoms with Gasteiger partial charge in [-0.1, -0.05) is 23.2 Å². The number of benzene rings is 2. The SMILES string of the molecule is Cc1sc(NC(=O)c2ccc(Cl)c(Cl)c2)nc1-c1ccc2c(c1)NC(=O)CO2. The minimum Gasteiger partial charge on any atom is -0.482 e. The molecule has 1 aliphatic heterocycles. The number of amides is 2. The van der Waals surface area contributed by atoms with E-state index in [1.54, 1.807) is 24.3 Å². The van der Waals surface area contributed by atoms with Gasteiger partial charge in [0.05, 0.1) is 21.4 Å². The van der Waals surface area contributed by atoms with E-state index in [1.165, 1.54) is 17.4 Å². The van der Waals surface area contributed by atoms with Crippen molar-refractivity contribution in [2.24, 2.45) is 0 Å². The van der Waals surface area contributed by atoms with Crippen molar-refractivity contribution in [3.8, 4) is 17.0 Å². The predicted octanol–water partition coefficient (Wildman–Crippen LogP) is 5.01. The summed E-state index contributed by atoms with van der Waals surface area (Å²) < 4.78 is 5.37. The molecule has 0 aliphatic carbocycles. The molecule has 0 radical (unpaired) electrons. The highest BCUT2D eigenvalue weighted by molar-refractivity contribution is 7.16. The number of nitrogens with zero attached hydrogens (tertiary/aromatic N) is 1.